The fourth-order valence-corrected chi connectivity index (χ4v) is 3.96. The maximum atomic E-state index is 12.8. The van der Waals surface area contributed by atoms with Crippen LogP contribution in [-0.4, -0.2) is 55.7 Å². The van der Waals surface area contributed by atoms with Crippen molar-refractivity contribution in [1.29, 1.82) is 0 Å². The third-order valence-corrected chi connectivity index (χ3v) is 5.81. The van der Waals surface area contributed by atoms with Gasteiger partial charge < -0.3 is 20.3 Å². The van der Waals surface area contributed by atoms with Gasteiger partial charge in [0.25, 0.3) is 5.91 Å². The lowest BCUT2D eigenvalue weighted by molar-refractivity contribution is -0.0586. The van der Waals surface area contributed by atoms with E-state index in [9.17, 15) is 4.79 Å². The van der Waals surface area contributed by atoms with Gasteiger partial charge in [0.15, 0.2) is 5.96 Å². The first-order chi connectivity index (χ1) is 15.4. The molecule has 6 nitrogen and oxygen atoms in total. The van der Waals surface area contributed by atoms with E-state index in [0.29, 0.717) is 31.1 Å². The minimum Gasteiger partial charge on any atom is -0.372 e. The molecule has 0 bridgehead atoms. The highest BCUT2D eigenvalue weighted by atomic mass is 127. The number of aryl methyl sites for hydroxylation is 1. The predicted octanol–water partition coefficient (Wildman–Crippen LogP) is 4.33. The number of amides is 1. The Labute approximate surface area is 215 Å². The number of ether oxygens (including phenoxy) is 1. The summed E-state index contributed by atoms with van der Waals surface area (Å²) in [6.45, 7) is 11.0. The summed E-state index contributed by atoms with van der Waals surface area (Å²) in [5.74, 6) is 1.21. The first-order valence-corrected chi connectivity index (χ1v) is 11.4. The first kappa shape index (κ1) is 27.1. The van der Waals surface area contributed by atoms with Gasteiger partial charge in [0.2, 0.25) is 0 Å². The van der Waals surface area contributed by atoms with Gasteiger partial charge in [0.05, 0.1) is 12.2 Å². The predicted molar refractivity (Wildman–Crippen MR) is 146 cm³/mol. The Morgan fingerprint density at radius 2 is 1.67 bits per heavy atom. The summed E-state index contributed by atoms with van der Waals surface area (Å²) < 4.78 is 5.73. The van der Waals surface area contributed by atoms with Gasteiger partial charge in [-0.15, -0.1) is 24.0 Å². The smallest absolute Gasteiger partial charge is 0.254 e. The number of benzene rings is 2. The van der Waals surface area contributed by atoms with E-state index in [1.165, 1.54) is 11.1 Å². The molecule has 7 heteroatoms. The van der Waals surface area contributed by atoms with E-state index in [-0.39, 0.29) is 42.1 Å². The first-order valence-electron chi connectivity index (χ1n) is 11.4. The van der Waals surface area contributed by atoms with Gasteiger partial charge in [-0.2, -0.15) is 0 Å². The highest BCUT2D eigenvalue weighted by molar-refractivity contribution is 14.0. The highest BCUT2D eigenvalue weighted by Gasteiger charge is 2.26. The molecule has 0 aliphatic carbocycles. The van der Waals surface area contributed by atoms with Gasteiger partial charge in [-0.1, -0.05) is 48.9 Å². The molecule has 0 radical (unpaired) electrons. The van der Waals surface area contributed by atoms with Crippen LogP contribution in [0.3, 0.4) is 0 Å². The van der Waals surface area contributed by atoms with Crippen LogP contribution in [0.15, 0.2) is 53.5 Å². The van der Waals surface area contributed by atoms with Crippen LogP contribution in [-0.2, 0) is 11.3 Å². The molecule has 0 saturated carbocycles. The number of aliphatic imine (C=N–C) groups is 1. The number of carbonyl (C=O) groups excluding carboxylic acids is 1. The Kier molecular flexibility index (Phi) is 10.6. The number of guanidine groups is 1. The van der Waals surface area contributed by atoms with Crippen LogP contribution in [0.1, 0.15) is 53.7 Å². The standard InChI is InChI=1S/C26H36N4O2.HI/c1-18-6-10-23(11-7-18)19(2)14-28-26(27-5)29-15-22-8-12-24(13-9-22)25(31)30-16-20(3)32-21(4)17-30;/h6-13,19-21H,14-17H2,1-5H3,(H2,27,28,29);1H. The van der Waals surface area contributed by atoms with Crippen molar-refractivity contribution in [3.05, 3.63) is 70.8 Å². The van der Waals surface area contributed by atoms with Crippen LogP contribution in [0.2, 0.25) is 0 Å². The summed E-state index contributed by atoms with van der Waals surface area (Å²) in [6.07, 6.45) is 0.137. The van der Waals surface area contributed by atoms with Crippen molar-refractivity contribution < 1.29 is 9.53 Å². The second-order valence-electron chi connectivity index (χ2n) is 8.78. The summed E-state index contributed by atoms with van der Waals surface area (Å²) >= 11 is 0. The Bertz CT molecular complexity index is 905. The van der Waals surface area contributed by atoms with E-state index in [1.807, 2.05) is 43.0 Å². The molecule has 2 aromatic carbocycles. The van der Waals surface area contributed by atoms with Gasteiger partial charge in [-0.3, -0.25) is 9.79 Å². The van der Waals surface area contributed by atoms with Gasteiger partial charge in [-0.05, 0) is 49.9 Å². The van der Waals surface area contributed by atoms with Crippen LogP contribution >= 0.6 is 24.0 Å². The second kappa shape index (κ2) is 12.9. The summed E-state index contributed by atoms with van der Waals surface area (Å²) in [5.41, 5.74) is 4.39. The van der Waals surface area contributed by atoms with Crippen molar-refractivity contribution in [2.24, 2.45) is 4.99 Å². The van der Waals surface area contributed by atoms with Crippen LogP contribution in [0.4, 0.5) is 0 Å². The largest absolute Gasteiger partial charge is 0.372 e. The third-order valence-electron chi connectivity index (χ3n) is 5.81. The lowest BCUT2D eigenvalue weighted by Gasteiger charge is -2.35. The molecule has 2 aromatic rings. The fraction of sp³-hybridized carbons (Fsp3) is 0.462. The zero-order valence-electron chi connectivity index (χ0n) is 20.3. The molecule has 3 atom stereocenters. The van der Waals surface area contributed by atoms with Crippen LogP contribution in [0.25, 0.3) is 0 Å². The third kappa shape index (κ3) is 7.99. The molecule has 3 rings (SSSR count). The monoisotopic (exact) mass is 564 g/mol. The minimum absolute atomic E-state index is 0. The quantitative estimate of drug-likeness (QED) is 0.312. The van der Waals surface area contributed by atoms with Gasteiger partial charge in [0.1, 0.15) is 0 Å². The summed E-state index contributed by atoms with van der Waals surface area (Å²) in [7, 11) is 1.78. The lowest BCUT2D eigenvalue weighted by atomic mass is 10.0. The molecule has 2 N–H and O–H groups in total. The van der Waals surface area contributed by atoms with Crippen molar-refractivity contribution in [1.82, 2.24) is 15.5 Å². The zero-order valence-corrected chi connectivity index (χ0v) is 22.6. The molecule has 1 saturated heterocycles. The van der Waals surface area contributed by atoms with E-state index in [0.717, 1.165) is 18.1 Å². The number of carbonyl (C=O) groups is 1. The molecule has 1 heterocycles. The topological polar surface area (TPSA) is 66.0 Å². The maximum absolute atomic E-state index is 12.8. The molecular formula is C26H37IN4O2. The average Bonchev–Trinajstić information content (AvgIpc) is 2.78. The Balaban J connectivity index is 0.00000385. The number of halogens is 1. The van der Waals surface area contributed by atoms with E-state index < -0.39 is 0 Å². The normalized spacial score (nSPS) is 19.4. The summed E-state index contributed by atoms with van der Waals surface area (Å²) in [4.78, 5) is 19.0. The average molecular weight is 565 g/mol. The van der Waals surface area contributed by atoms with Gasteiger partial charge >= 0.3 is 0 Å². The maximum Gasteiger partial charge on any atom is 0.254 e. The SMILES string of the molecule is CN=C(NCc1ccc(C(=O)N2CC(C)OC(C)C2)cc1)NCC(C)c1ccc(C)cc1.I. The zero-order chi connectivity index (χ0) is 23.1. The summed E-state index contributed by atoms with van der Waals surface area (Å²) in [6, 6.07) is 16.4. The minimum atomic E-state index is 0. The van der Waals surface area contributed by atoms with Crippen molar-refractivity contribution in [3.8, 4) is 0 Å². The van der Waals surface area contributed by atoms with Crippen LogP contribution < -0.4 is 10.6 Å². The number of nitrogens with one attached hydrogen (secondary N) is 2. The van der Waals surface area contributed by atoms with Crippen molar-refractivity contribution in [2.75, 3.05) is 26.7 Å². The fourth-order valence-electron chi connectivity index (χ4n) is 3.96. The van der Waals surface area contributed by atoms with Crippen LogP contribution in [0, 0.1) is 6.92 Å². The molecule has 1 amide bonds. The number of hydrogen-bond donors (Lipinski definition) is 2. The van der Waals surface area contributed by atoms with E-state index in [4.69, 9.17) is 4.74 Å². The second-order valence-corrected chi connectivity index (χ2v) is 8.78. The van der Waals surface area contributed by atoms with E-state index >= 15 is 0 Å². The summed E-state index contributed by atoms with van der Waals surface area (Å²) in [5, 5.41) is 6.75. The molecule has 0 aromatic heterocycles. The van der Waals surface area contributed by atoms with Gasteiger partial charge in [-0.25, -0.2) is 0 Å². The molecular weight excluding hydrogens is 527 g/mol. The van der Waals surface area contributed by atoms with E-state index in [2.05, 4.69) is 53.7 Å². The molecule has 3 unspecified atom stereocenters. The van der Waals surface area contributed by atoms with Gasteiger partial charge in [0, 0.05) is 38.8 Å². The molecule has 0 spiro atoms. The molecule has 33 heavy (non-hydrogen) atoms. The van der Waals surface area contributed by atoms with Crippen molar-refractivity contribution in [3.63, 3.8) is 0 Å². The molecule has 1 aliphatic heterocycles. The lowest BCUT2D eigenvalue weighted by Crippen LogP contribution is -2.48. The van der Waals surface area contributed by atoms with Crippen molar-refractivity contribution in [2.45, 2.75) is 52.4 Å². The number of morpholine rings is 1. The van der Waals surface area contributed by atoms with Crippen LogP contribution in [0.5, 0.6) is 0 Å². The number of rotatable bonds is 6. The highest BCUT2D eigenvalue weighted by Crippen LogP contribution is 2.16. The van der Waals surface area contributed by atoms with E-state index in [1.54, 1.807) is 7.05 Å². The van der Waals surface area contributed by atoms with Crippen molar-refractivity contribution >= 4 is 35.8 Å². The molecule has 180 valence electrons. The number of nitrogens with zero attached hydrogens (tertiary/aromatic N) is 2. The Morgan fingerprint density at radius 3 is 2.24 bits per heavy atom. The molecule has 1 fully saturated rings. The Morgan fingerprint density at radius 1 is 1.06 bits per heavy atom. The Hall–Kier alpha value is -2.13. The number of hydrogen-bond acceptors (Lipinski definition) is 3. The molecule has 1 aliphatic rings.